The Kier molecular flexibility index (Phi) is 6.72. The molecule has 8 heteroatoms. The zero-order valence-corrected chi connectivity index (χ0v) is 21.3. The van der Waals surface area contributed by atoms with E-state index in [1.807, 2.05) is 61.5 Å². The van der Waals surface area contributed by atoms with Crippen LogP contribution in [0.3, 0.4) is 0 Å². The van der Waals surface area contributed by atoms with Gasteiger partial charge in [0.2, 0.25) is 5.91 Å². The van der Waals surface area contributed by atoms with Gasteiger partial charge in [-0.2, -0.15) is 0 Å². The molecular weight excluding hydrogens is 488 g/mol. The average Bonchev–Trinajstić information content (AvgIpc) is 3.24. The molecule has 0 saturated heterocycles. The molecule has 4 amide bonds. The lowest BCUT2D eigenvalue weighted by molar-refractivity contribution is -0.134. The minimum absolute atomic E-state index is 0.154. The maximum Gasteiger partial charge on any atom is 0.322 e. The normalized spacial score (nSPS) is 18.0. The minimum Gasteiger partial charge on any atom is -0.327 e. The number of amides is 4. The fraction of sp³-hybridized carbons (Fsp3) is 0.207. The lowest BCUT2D eigenvalue weighted by Gasteiger charge is -2.31. The quantitative estimate of drug-likeness (QED) is 0.500. The number of nitrogens with zero attached hydrogens (tertiary/aromatic N) is 2. The highest BCUT2D eigenvalue weighted by Crippen LogP contribution is 2.37. The Bertz CT molecular complexity index is 1370. The number of halogens is 1. The molecule has 188 valence electrons. The van der Waals surface area contributed by atoms with Gasteiger partial charge in [-0.05, 0) is 42.3 Å². The van der Waals surface area contributed by atoms with Gasteiger partial charge >= 0.3 is 6.03 Å². The molecule has 0 fully saturated rings. The second kappa shape index (κ2) is 10.1. The minimum atomic E-state index is -0.781. The van der Waals surface area contributed by atoms with Gasteiger partial charge in [-0.15, -0.1) is 0 Å². The van der Waals surface area contributed by atoms with E-state index in [1.54, 1.807) is 36.2 Å². The molecule has 2 heterocycles. The zero-order chi connectivity index (χ0) is 26.1. The molecule has 7 nitrogen and oxygen atoms in total. The fourth-order valence-corrected chi connectivity index (χ4v) is 4.92. The van der Waals surface area contributed by atoms with Crippen LogP contribution in [-0.2, 0) is 16.0 Å². The van der Waals surface area contributed by atoms with E-state index in [0.717, 1.165) is 16.7 Å². The highest BCUT2D eigenvalue weighted by atomic mass is 35.5. The first kappa shape index (κ1) is 24.6. The van der Waals surface area contributed by atoms with Gasteiger partial charge in [0.05, 0.1) is 23.9 Å². The summed E-state index contributed by atoms with van der Waals surface area (Å²) in [5.74, 6) is -0.562. The summed E-state index contributed by atoms with van der Waals surface area (Å²) in [7, 11) is 1.64. The number of rotatable bonds is 6. The molecule has 2 N–H and O–H groups in total. The number of carbonyl (C=O) groups is 3. The standard InChI is InChI=1S/C29H27ClN4O3/c1-18-8-14-22(15-9-18)31-27(35)23(16-19-6-4-3-5-7-19)34-17-24-25(28(34)36)26(32-29(37)33(24)2)20-10-12-21(30)13-11-20/h3-15,23,26H,16-17H2,1-2H3,(H,31,35)(H,32,37). The number of benzene rings is 3. The number of aryl methyl sites for hydroxylation is 1. The van der Waals surface area contributed by atoms with Crippen molar-refractivity contribution >= 4 is 35.1 Å². The SMILES string of the molecule is Cc1ccc(NC(=O)C(Cc2ccccc2)N2CC3=C(C2=O)C(c2ccc(Cl)cc2)NC(=O)N3C)cc1. The fourth-order valence-electron chi connectivity index (χ4n) is 4.79. The van der Waals surface area contributed by atoms with Crippen molar-refractivity contribution in [1.82, 2.24) is 15.1 Å². The first-order valence-corrected chi connectivity index (χ1v) is 12.4. The first-order chi connectivity index (χ1) is 17.8. The second-order valence-corrected chi connectivity index (χ2v) is 9.78. The van der Waals surface area contributed by atoms with Gasteiger partial charge in [0.25, 0.3) is 5.91 Å². The van der Waals surface area contributed by atoms with Gasteiger partial charge < -0.3 is 15.5 Å². The number of nitrogens with one attached hydrogen (secondary N) is 2. The Morgan fingerprint density at radius 2 is 1.70 bits per heavy atom. The van der Waals surface area contributed by atoms with E-state index < -0.39 is 12.1 Å². The number of urea groups is 1. The maximum absolute atomic E-state index is 14.0. The van der Waals surface area contributed by atoms with Gasteiger partial charge in [-0.1, -0.05) is 71.8 Å². The largest absolute Gasteiger partial charge is 0.327 e. The van der Waals surface area contributed by atoms with Crippen LogP contribution in [0.25, 0.3) is 0 Å². The number of hydrogen-bond donors (Lipinski definition) is 2. The van der Waals surface area contributed by atoms with Crippen LogP contribution in [0.4, 0.5) is 10.5 Å². The number of likely N-dealkylation sites (N-methyl/N-ethyl adjacent to an activating group) is 1. The topological polar surface area (TPSA) is 81.8 Å². The molecule has 0 aliphatic carbocycles. The number of carbonyl (C=O) groups excluding carboxylic acids is 3. The average molecular weight is 515 g/mol. The summed E-state index contributed by atoms with van der Waals surface area (Å²) in [6.07, 6.45) is 0.335. The zero-order valence-electron chi connectivity index (χ0n) is 20.6. The third kappa shape index (κ3) is 4.95. The molecule has 0 saturated carbocycles. The molecule has 0 aromatic heterocycles. The number of anilines is 1. The highest BCUT2D eigenvalue weighted by molar-refractivity contribution is 6.30. The molecule has 2 aliphatic heterocycles. The summed E-state index contributed by atoms with van der Waals surface area (Å²) in [5.41, 5.74) is 4.48. The highest BCUT2D eigenvalue weighted by Gasteiger charge is 2.46. The van der Waals surface area contributed by atoms with Crippen molar-refractivity contribution in [1.29, 1.82) is 0 Å². The van der Waals surface area contributed by atoms with Gasteiger partial charge in [0.15, 0.2) is 0 Å². The Morgan fingerprint density at radius 1 is 1.03 bits per heavy atom. The molecule has 2 unspecified atom stereocenters. The van der Waals surface area contributed by atoms with Crippen molar-refractivity contribution in [2.45, 2.75) is 25.4 Å². The molecule has 0 spiro atoms. The van der Waals surface area contributed by atoms with E-state index in [0.29, 0.717) is 28.4 Å². The van der Waals surface area contributed by atoms with Gasteiger partial charge in [-0.25, -0.2) is 4.79 Å². The Hall–Kier alpha value is -4.10. The van der Waals surface area contributed by atoms with Crippen molar-refractivity contribution in [2.75, 3.05) is 18.9 Å². The molecule has 5 rings (SSSR count). The predicted octanol–water partition coefficient (Wildman–Crippen LogP) is 4.69. The third-order valence-corrected chi connectivity index (χ3v) is 7.11. The monoisotopic (exact) mass is 514 g/mol. The van der Waals surface area contributed by atoms with Crippen LogP contribution in [0, 0.1) is 6.92 Å². The Morgan fingerprint density at radius 3 is 2.38 bits per heavy atom. The van der Waals surface area contributed by atoms with E-state index in [4.69, 9.17) is 11.6 Å². The Balaban J connectivity index is 1.49. The van der Waals surface area contributed by atoms with Crippen molar-refractivity contribution in [3.05, 3.63) is 112 Å². The molecule has 37 heavy (non-hydrogen) atoms. The summed E-state index contributed by atoms with van der Waals surface area (Å²) in [4.78, 5) is 43.4. The van der Waals surface area contributed by atoms with Crippen LogP contribution >= 0.6 is 11.6 Å². The van der Waals surface area contributed by atoms with E-state index in [2.05, 4.69) is 10.6 Å². The summed E-state index contributed by atoms with van der Waals surface area (Å²) < 4.78 is 0. The van der Waals surface area contributed by atoms with Crippen LogP contribution in [0.5, 0.6) is 0 Å². The van der Waals surface area contributed by atoms with Crippen molar-refractivity contribution < 1.29 is 14.4 Å². The second-order valence-electron chi connectivity index (χ2n) is 9.35. The maximum atomic E-state index is 14.0. The third-order valence-electron chi connectivity index (χ3n) is 6.86. The summed E-state index contributed by atoms with van der Waals surface area (Å²) in [5, 5.41) is 6.46. The van der Waals surface area contributed by atoms with Crippen LogP contribution in [0.1, 0.15) is 22.7 Å². The van der Waals surface area contributed by atoms with Crippen LogP contribution in [0.15, 0.2) is 90.1 Å². The van der Waals surface area contributed by atoms with Gasteiger partial charge in [0, 0.05) is 24.2 Å². The van der Waals surface area contributed by atoms with Crippen LogP contribution in [-0.4, -0.2) is 47.3 Å². The van der Waals surface area contributed by atoms with Gasteiger partial charge in [-0.3, -0.25) is 14.5 Å². The van der Waals surface area contributed by atoms with Crippen molar-refractivity contribution in [3.63, 3.8) is 0 Å². The molecular formula is C29H27ClN4O3. The summed E-state index contributed by atoms with van der Waals surface area (Å²) in [6.45, 7) is 2.13. The molecule has 2 aliphatic rings. The van der Waals surface area contributed by atoms with Crippen LogP contribution in [0.2, 0.25) is 5.02 Å². The van der Waals surface area contributed by atoms with Crippen LogP contribution < -0.4 is 10.6 Å². The molecule has 0 radical (unpaired) electrons. The van der Waals surface area contributed by atoms with E-state index in [1.165, 1.54) is 4.90 Å². The first-order valence-electron chi connectivity index (χ1n) is 12.1. The van der Waals surface area contributed by atoms with Crippen molar-refractivity contribution in [2.24, 2.45) is 0 Å². The number of hydrogen-bond acceptors (Lipinski definition) is 3. The summed E-state index contributed by atoms with van der Waals surface area (Å²) in [6, 6.07) is 22.5. The smallest absolute Gasteiger partial charge is 0.322 e. The van der Waals surface area contributed by atoms with Crippen molar-refractivity contribution in [3.8, 4) is 0 Å². The molecule has 3 aromatic carbocycles. The van der Waals surface area contributed by atoms with Gasteiger partial charge in [0.1, 0.15) is 6.04 Å². The Labute approximate surface area is 220 Å². The van der Waals surface area contributed by atoms with E-state index in [9.17, 15) is 14.4 Å². The summed E-state index contributed by atoms with van der Waals surface area (Å²) >= 11 is 6.07. The lowest BCUT2D eigenvalue weighted by Crippen LogP contribution is -2.47. The molecule has 2 atom stereocenters. The van der Waals surface area contributed by atoms with E-state index >= 15 is 0 Å². The lowest BCUT2D eigenvalue weighted by atomic mass is 9.95. The predicted molar refractivity (Wildman–Crippen MR) is 143 cm³/mol. The molecule has 3 aromatic rings. The molecule has 0 bridgehead atoms. The van der Waals surface area contributed by atoms with E-state index in [-0.39, 0.29) is 24.4 Å².